The Bertz CT molecular complexity index is 1410. The molecule has 39 heavy (non-hydrogen) atoms. The number of nitrogens with zero attached hydrogens (tertiary/aromatic N) is 1. The van der Waals surface area contributed by atoms with E-state index in [0.29, 0.717) is 11.3 Å². The average molecular weight is 523 g/mol. The molecule has 0 atom stereocenters. The number of methoxy groups -OCH3 is 2. The van der Waals surface area contributed by atoms with Crippen molar-refractivity contribution >= 4 is 11.6 Å². The van der Waals surface area contributed by atoms with Gasteiger partial charge < -0.3 is 24.4 Å². The first kappa shape index (κ1) is 26.3. The lowest BCUT2D eigenvalue weighted by atomic mass is 10.0. The third-order valence-corrected chi connectivity index (χ3v) is 7.14. The normalized spacial score (nSPS) is 14.0. The molecule has 0 aliphatic carbocycles. The zero-order valence-electron chi connectivity index (χ0n) is 22.6. The molecule has 5 rings (SSSR count). The Morgan fingerprint density at radius 2 is 1.46 bits per heavy atom. The number of likely N-dealkylation sites (tertiary alicyclic amines) is 1. The maximum Gasteiger partial charge on any atom is 0.255 e. The standard InChI is InChI=1S/C33H34N2O4/c1-35-19-17-29(18-20-35)39-28-14-9-24(10-15-28)23-7-12-27(13-8-23)34-33(36)26-11-16-32(38-3)31(22-26)25-5-4-6-30(21-25)37-2/h4-16,21-22,29H,17-20H2,1-3H3,(H,34,36). The maximum atomic E-state index is 13.1. The van der Waals surface area contributed by atoms with Gasteiger partial charge in [-0.3, -0.25) is 4.79 Å². The number of hydrogen-bond acceptors (Lipinski definition) is 5. The van der Waals surface area contributed by atoms with E-state index in [0.717, 1.165) is 65.4 Å². The molecule has 1 saturated heterocycles. The van der Waals surface area contributed by atoms with E-state index >= 15 is 0 Å². The van der Waals surface area contributed by atoms with Crippen molar-refractivity contribution in [1.82, 2.24) is 4.90 Å². The Morgan fingerprint density at radius 1 is 0.769 bits per heavy atom. The second kappa shape index (κ2) is 12.0. The molecular formula is C33H34N2O4. The Labute approximate surface area is 230 Å². The molecule has 0 spiro atoms. The molecule has 1 N–H and O–H groups in total. The predicted molar refractivity (Wildman–Crippen MR) is 156 cm³/mol. The molecular weight excluding hydrogens is 488 g/mol. The summed E-state index contributed by atoms with van der Waals surface area (Å²) in [7, 11) is 5.41. The first-order valence-corrected chi connectivity index (χ1v) is 13.2. The van der Waals surface area contributed by atoms with Gasteiger partial charge in [0, 0.05) is 29.9 Å². The van der Waals surface area contributed by atoms with Crippen LogP contribution >= 0.6 is 0 Å². The van der Waals surface area contributed by atoms with Crippen molar-refractivity contribution in [2.24, 2.45) is 0 Å². The topological polar surface area (TPSA) is 60.0 Å². The van der Waals surface area contributed by atoms with Crippen molar-refractivity contribution in [1.29, 1.82) is 0 Å². The van der Waals surface area contributed by atoms with Crippen molar-refractivity contribution in [3.05, 3.63) is 96.6 Å². The number of rotatable bonds is 8. The third-order valence-electron chi connectivity index (χ3n) is 7.14. The molecule has 0 bridgehead atoms. The smallest absolute Gasteiger partial charge is 0.255 e. The van der Waals surface area contributed by atoms with E-state index in [4.69, 9.17) is 14.2 Å². The van der Waals surface area contributed by atoms with Gasteiger partial charge in [0.15, 0.2) is 0 Å². The van der Waals surface area contributed by atoms with Gasteiger partial charge in [0.05, 0.1) is 14.2 Å². The molecule has 4 aromatic rings. The summed E-state index contributed by atoms with van der Waals surface area (Å²) in [6.07, 6.45) is 2.40. The fourth-order valence-electron chi connectivity index (χ4n) is 4.84. The molecule has 1 fully saturated rings. The van der Waals surface area contributed by atoms with Crippen molar-refractivity contribution < 1.29 is 19.0 Å². The zero-order chi connectivity index (χ0) is 27.2. The highest BCUT2D eigenvalue weighted by atomic mass is 16.5. The summed E-state index contributed by atoms with van der Waals surface area (Å²) < 4.78 is 17.1. The summed E-state index contributed by atoms with van der Waals surface area (Å²) in [6, 6.07) is 29.2. The van der Waals surface area contributed by atoms with Crippen LogP contribution in [0.5, 0.6) is 17.2 Å². The molecule has 1 heterocycles. The monoisotopic (exact) mass is 522 g/mol. The summed E-state index contributed by atoms with van der Waals surface area (Å²) in [5, 5.41) is 3.01. The van der Waals surface area contributed by atoms with Crippen LogP contribution in [0.2, 0.25) is 0 Å². The van der Waals surface area contributed by atoms with Gasteiger partial charge in [-0.2, -0.15) is 0 Å². The number of carbonyl (C=O) groups is 1. The van der Waals surface area contributed by atoms with E-state index in [2.05, 4.69) is 29.4 Å². The summed E-state index contributed by atoms with van der Waals surface area (Å²) in [6.45, 7) is 2.15. The molecule has 6 nitrogen and oxygen atoms in total. The van der Waals surface area contributed by atoms with Gasteiger partial charge in [-0.15, -0.1) is 0 Å². The summed E-state index contributed by atoms with van der Waals surface area (Å²) in [5.74, 6) is 2.14. The van der Waals surface area contributed by atoms with Crippen LogP contribution in [0.3, 0.4) is 0 Å². The molecule has 0 radical (unpaired) electrons. The minimum atomic E-state index is -0.190. The van der Waals surface area contributed by atoms with Crippen LogP contribution in [-0.4, -0.2) is 51.3 Å². The summed E-state index contributed by atoms with van der Waals surface area (Å²) in [5.41, 5.74) is 5.17. The largest absolute Gasteiger partial charge is 0.497 e. The van der Waals surface area contributed by atoms with Crippen LogP contribution in [-0.2, 0) is 0 Å². The van der Waals surface area contributed by atoms with Crippen LogP contribution in [0, 0.1) is 0 Å². The number of nitrogens with one attached hydrogen (secondary N) is 1. The SMILES string of the molecule is COc1cccc(-c2cc(C(=O)Nc3ccc(-c4ccc(OC5CCN(C)CC5)cc4)cc3)ccc2OC)c1. The van der Waals surface area contributed by atoms with Crippen LogP contribution in [0.15, 0.2) is 91.0 Å². The minimum Gasteiger partial charge on any atom is -0.497 e. The molecule has 0 aromatic heterocycles. The van der Waals surface area contributed by atoms with Gasteiger partial charge in [0.1, 0.15) is 23.4 Å². The highest BCUT2D eigenvalue weighted by Crippen LogP contribution is 2.33. The second-order valence-corrected chi connectivity index (χ2v) is 9.82. The van der Waals surface area contributed by atoms with Gasteiger partial charge in [-0.1, -0.05) is 36.4 Å². The maximum absolute atomic E-state index is 13.1. The first-order valence-electron chi connectivity index (χ1n) is 13.2. The lowest BCUT2D eigenvalue weighted by molar-refractivity contribution is 0.102. The molecule has 4 aromatic carbocycles. The van der Waals surface area contributed by atoms with E-state index < -0.39 is 0 Å². The van der Waals surface area contributed by atoms with Crippen LogP contribution < -0.4 is 19.5 Å². The number of benzene rings is 4. The summed E-state index contributed by atoms with van der Waals surface area (Å²) >= 11 is 0. The van der Waals surface area contributed by atoms with Crippen LogP contribution in [0.1, 0.15) is 23.2 Å². The highest BCUT2D eigenvalue weighted by molar-refractivity contribution is 6.05. The Morgan fingerprint density at radius 3 is 2.13 bits per heavy atom. The van der Waals surface area contributed by atoms with Gasteiger partial charge in [-0.25, -0.2) is 0 Å². The van der Waals surface area contributed by atoms with Crippen molar-refractivity contribution in [3.63, 3.8) is 0 Å². The Kier molecular flexibility index (Phi) is 8.13. The molecule has 1 aliphatic heterocycles. The Balaban J connectivity index is 1.25. The number of carbonyl (C=O) groups excluding carboxylic acids is 1. The first-order chi connectivity index (χ1) is 19.0. The highest BCUT2D eigenvalue weighted by Gasteiger charge is 2.18. The number of hydrogen-bond donors (Lipinski definition) is 1. The van der Waals surface area contributed by atoms with E-state index in [1.807, 2.05) is 72.8 Å². The van der Waals surface area contributed by atoms with Gasteiger partial charge in [0.2, 0.25) is 0 Å². The third kappa shape index (κ3) is 6.41. The van der Waals surface area contributed by atoms with Gasteiger partial charge >= 0.3 is 0 Å². The van der Waals surface area contributed by atoms with Crippen LogP contribution in [0.4, 0.5) is 5.69 Å². The van der Waals surface area contributed by atoms with Gasteiger partial charge in [0.25, 0.3) is 5.91 Å². The number of piperidine rings is 1. The molecule has 1 aliphatic rings. The van der Waals surface area contributed by atoms with Crippen molar-refractivity contribution in [2.45, 2.75) is 18.9 Å². The molecule has 6 heteroatoms. The lowest BCUT2D eigenvalue weighted by Crippen LogP contribution is -2.35. The van der Waals surface area contributed by atoms with Crippen molar-refractivity contribution in [3.8, 4) is 39.5 Å². The molecule has 1 amide bonds. The Hall–Kier alpha value is -4.29. The summed E-state index contributed by atoms with van der Waals surface area (Å²) in [4.78, 5) is 15.4. The zero-order valence-corrected chi connectivity index (χ0v) is 22.6. The number of amides is 1. The second-order valence-electron chi connectivity index (χ2n) is 9.82. The van der Waals surface area contributed by atoms with E-state index in [1.165, 1.54) is 0 Å². The number of anilines is 1. The molecule has 0 unspecified atom stereocenters. The average Bonchev–Trinajstić information content (AvgIpc) is 2.99. The van der Waals surface area contributed by atoms with E-state index in [9.17, 15) is 4.79 Å². The number of ether oxygens (including phenoxy) is 3. The molecule has 200 valence electrons. The van der Waals surface area contributed by atoms with E-state index in [1.54, 1.807) is 20.3 Å². The van der Waals surface area contributed by atoms with Crippen molar-refractivity contribution in [2.75, 3.05) is 39.7 Å². The molecule has 0 saturated carbocycles. The van der Waals surface area contributed by atoms with E-state index in [-0.39, 0.29) is 12.0 Å². The fraction of sp³-hybridized carbons (Fsp3) is 0.242. The quantitative estimate of drug-likeness (QED) is 0.277. The fourth-order valence-corrected chi connectivity index (χ4v) is 4.84. The lowest BCUT2D eigenvalue weighted by Gasteiger charge is -2.29. The predicted octanol–water partition coefficient (Wildman–Crippen LogP) is 6.76. The minimum absolute atomic E-state index is 0.190. The van der Waals surface area contributed by atoms with Gasteiger partial charge in [-0.05, 0) is 91.2 Å². The van der Waals surface area contributed by atoms with Crippen LogP contribution in [0.25, 0.3) is 22.3 Å².